The van der Waals surface area contributed by atoms with E-state index in [9.17, 15) is 0 Å². The van der Waals surface area contributed by atoms with Crippen molar-refractivity contribution in [1.82, 2.24) is 4.98 Å². The standard InChI is InChI=1S/C10H16N2O.ClH/c1-8-3-2-4-10(12-8)7-9(11)5-6-13;/h2-4,9,13H,5-7,11H2,1H3;1H/t9-;/m0./s1. The van der Waals surface area contributed by atoms with Crippen LogP contribution in [0.4, 0.5) is 0 Å². The van der Waals surface area contributed by atoms with E-state index in [0.29, 0.717) is 6.42 Å². The summed E-state index contributed by atoms with van der Waals surface area (Å²) in [4.78, 5) is 4.33. The molecule has 0 aliphatic carbocycles. The molecule has 0 bridgehead atoms. The first kappa shape index (κ1) is 13.4. The van der Waals surface area contributed by atoms with E-state index in [1.54, 1.807) is 0 Å². The molecule has 0 aliphatic rings. The molecule has 0 aromatic carbocycles. The molecule has 3 N–H and O–H groups in total. The zero-order chi connectivity index (χ0) is 9.68. The summed E-state index contributed by atoms with van der Waals surface area (Å²) in [6, 6.07) is 5.91. The zero-order valence-corrected chi connectivity index (χ0v) is 9.13. The lowest BCUT2D eigenvalue weighted by Gasteiger charge is -2.08. The number of hydrogen-bond acceptors (Lipinski definition) is 3. The van der Waals surface area contributed by atoms with Crippen LogP contribution in [0.15, 0.2) is 18.2 Å². The highest BCUT2D eigenvalue weighted by Crippen LogP contribution is 2.02. The highest BCUT2D eigenvalue weighted by Gasteiger charge is 2.03. The number of pyridine rings is 1. The van der Waals surface area contributed by atoms with Crippen LogP contribution in [0.5, 0.6) is 0 Å². The van der Waals surface area contributed by atoms with Gasteiger partial charge >= 0.3 is 0 Å². The fourth-order valence-electron chi connectivity index (χ4n) is 1.25. The van der Waals surface area contributed by atoms with Gasteiger partial charge in [-0.1, -0.05) is 6.07 Å². The Labute approximate surface area is 90.8 Å². The van der Waals surface area contributed by atoms with Crippen LogP contribution < -0.4 is 5.73 Å². The minimum Gasteiger partial charge on any atom is -0.396 e. The lowest BCUT2D eigenvalue weighted by atomic mass is 10.1. The summed E-state index contributed by atoms with van der Waals surface area (Å²) in [6.07, 6.45) is 1.37. The van der Waals surface area contributed by atoms with E-state index in [2.05, 4.69) is 4.98 Å². The number of rotatable bonds is 4. The van der Waals surface area contributed by atoms with Gasteiger partial charge in [-0.25, -0.2) is 0 Å². The molecule has 0 amide bonds. The topological polar surface area (TPSA) is 59.1 Å². The van der Waals surface area contributed by atoms with Gasteiger partial charge in [0.1, 0.15) is 0 Å². The Morgan fingerprint density at radius 1 is 1.50 bits per heavy atom. The largest absolute Gasteiger partial charge is 0.396 e. The molecule has 0 fully saturated rings. The van der Waals surface area contributed by atoms with Gasteiger partial charge < -0.3 is 10.8 Å². The van der Waals surface area contributed by atoms with Gasteiger partial charge in [-0.3, -0.25) is 4.98 Å². The normalized spacial score (nSPS) is 11.9. The van der Waals surface area contributed by atoms with Gasteiger partial charge in [0.15, 0.2) is 0 Å². The SMILES string of the molecule is Cc1cccc(C[C@@H](N)CCO)n1.Cl. The summed E-state index contributed by atoms with van der Waals surface area (Å²) in [5.41, 5.74) is 7.78. The van der Waals surface area contributed by atoms with E-state index < -0.39 is 0 Å². The molecule has 0 aliphatic heterocycles. The molecule has 0 saturated heterocycles. The summed E-state index contributed by atoms with van der Waals surface area (Å²) in [6.45, 7) is 2.11. The van der Waals surface area contributed by atoms with Gasteiger partial charge in [0, 0.05) is 30.5 Å². The molecule has 1 aromatic rings. The second-order valence-corrected chi connectivity index (χ2v) is 3.25. The molecule has 0 radical (unpaired) electrons. The number of hydrogen-bond donors (Lipinski definition) is 2. The summed E-state index contributed by atoms with van der Waals surface area (Å²) in [5.74, 6) is 0. The minimum atomic E-state index is 0. The Balaban J connectivity index is 0.00000169. The third-order valence-electron chi connectivity index (χ3n) is 1.92. The third kappa shape index (κ3) is 4.56. The maximum Gasteiger partial charge on any atom is 0.0445 e. The molecule has 1 aromatic heterocycles. The Morgan fingerprint density at radius 2 is 2.21 bits per heavy atom. The fourth-order valence-corrected chi connectivity index (χ4v) is 1.25. The van der Waals surface area contributed by atoms with Crippen molar-refractivity contribution in [2.75, 3.05) is 6.61 Å². The van der Waals surface area contributed by atoms with Crippen molar-refractivity contribution in [3.8, 4) is 0 Å². The van der Waals surface area contributed by atoms with Crippen LogP contribution in [-0.2, 0) is 6.42 Å². The lowest BCUT2D eigenvalue weighted by molar-refractivity contribution is 0.275. The number of aliphatic hydroxyl groups is 1. The van der Waals surface area contributed by atoms with E-state index in [1.165, 1.54) is 0 Å². The van der Waals surface area contributed by atoms with Crippen molar-refractivity contribution in [3.05, 3.63) is 29.6 Å². The second-order valence-electron chi connectivity index (χ2n) is 3.25. The summed E-state index contributed by atoms with van der Waals surface area (Å²) < 4.78 is 0. The van der Waals surface area contributed by atoms with Crippen LogP contribution in [0.2, 0.25) is 0 Å². The monoisotopic (exact) mass is 216 g/mol. The van der Waals surface area contributed by atoms with Crippen molar-refractivity contribution in [2.24, 2.45) is 5.73 Å². The summed E-state index contributed by atoms with van der Waals surface area (Å²) >= 11 is 0. The Hall–Kier alpha value is -0.640. The van der Waals surface area contributed by atoms with Gasteiger partial charge in [-0.05, 0) is 25.5 Å². The number of aliphatic hydroxyl groups excluding tert-OH is 1. The Bertz CT molecular complexity index is 268. The van der Waals surface area contributed by atoms with Crippen LogP contribution in [-0.4, -0.2) is 22.7 Å². The van der Waals surface area contributed by atoms with Crippen LogP contribution in [0.25, 0.3) is 0 Å². The number of aromatic nitrogens is 1. The number of nitrogens with zero attached hydrogens (tertiary/aromatic N) is 1. The van der Waals surface area contributed by atoms with Gasteiger partial charge in [-0.15, -0.1) is 12.4 Å². The van der Waals surface area contributed by atoms with E-state index in [-0.39, 0.29) is 25.1 Å². The van der Waals surface area contributed by atoms with E-state index in [4.69, 9.17) is 10.8 Å². The molecular weight excluding hydrogens is 200 g/mol. The highest BCUT2D eigenvalue weighted by molar-refractivity contribution is 5.85. The molecule has 1 heterocycles. The van der Waals surface area contributed by atoms with Crippen molar-refractivity contribution < 1.29 is 5.11 Å². The fraction of sp³-hybridized carbons (Fsp3) is 0.500. The first-order valence-corrected chi connectivity index (χ1v) is 4.51. The molecule has 1 rings (SSSR count). The third-order valence-corrected chi connectivity index (χ3v) is 1.92. The maximum atomic E-state index is 8.67. The average Bonchev–Trinajstić information content (AvgIpc) is 2.04. The van der Waals surface area contributed by atoms with Crippen LogP contribution >= 0.6 is 12.4 Å². The predicted molar refractivity (Wildman–Crippen MR) is 59.6 cm³/mol. The maximum absolute atomic E-state index is 8.67. The number of halogens is 1. The highest BCUT2D eigenvalue weighted by atomic mass is 35.5. The quantitative estimate of drug-likeness (QED) is 0.792. The van der Waals surface area contributed by atoms with E-state index in [0.717, 1.165) is 17.8 Å². The minimum absolute atomic E-state index is 0. The smallest absolute Gasteiger partial charge is 0.0445 e. The van der Waals surface area contributed by atoms with Gasteiger partial charge in [0.05, 0.1) is 0 Å². The van der Waals surface area contributed by atoms with Crippen molar-refractivity contribution in [2.45, 2.75) is 25.8 Å². The first-order chi connectivity index (χ1) is 6.22. The number of nitrogens with two attached hydrogens (primary N) is 1. The number of aryl methyl sites for hydroxylation is 1. The lowest BCUT2D eigenvalue weighted by Crippen LogP contribution is -2.24. The molecule has 0 unspecified atom stereocenters. The second kappa shape index (κ2) is 6.76. The van der Waals surface area contributed by atoms with Crippen molar-refractivity contribution in [1.29, 1.82) is 0 Å². The van der Waals surface area contributed by atoms with Gasteiger partial charge in [0.2, 0.25) is 0 Å². The molecule has 80 valence electrons. The molecular formula is C10H17ClN2O. The van der Waals surface area contributed by atoms with Crippen LogP contribution in [0.3, 0.4) is 0 Å². The van der Waals surface area contributed by atoms with Gasteiger partial charge in [-0.2, -0.15) is 0 Å². The predicted octanol–water partition coefficient (Wildman–Crippen LogP) is 1.06. The Morgan fingerprint density at radius 3 is 2.79 bits per heavy atom. The molecule has 4 heteroatoms. The molecule has 14 heavy (non-hydrogen) atoms. The van der Waals surface area contributed by atoms with Crippen molar-refractivity contribution >= 4 is 12.4 Å². The Kier molecular flexibility index (Phi) is 6.45. The average molecular weight is 217 g/mol. The summed E-state index contributed by atoms with van der Waals surface area (Å²) in [5, 5.41) is 8.67. The van der Waals surface area contributed by atoms with Crippen molar-refractivity contribution in [3.63, 3.8) is 0 Å². The van der Waals surface area contributed by atoms with E-state index in [1.807, 2.05) is 25.1 Å². The molecule has 0 saturated carbocycles. The van der Waals surface area contributed by atoms with Gasteiger partial charge in [0.25, 0.3) is 0 Å². The van der Waals surface area contributed by atoms with E-state index >= 15 is 0 Å². The van der Waals surface area contributed by atoms with Crippen LogP contribution in [0.1, 0.15) is 17.8 Å². The molecule has 0 spiro atoms. The summed E-state index contributed by atoms with van der Waals surface area (Å²) in [7, 11) is 0. The zero-order valence-electron chi connectivity index (χ0n) is 8.31. The first-order valence-electron chi connectivity index (χ1n) is 4.51. The molecule has 1 atom stereocenters. The molecule has 3 nitrogen and oxygen atoms in total. The van der Waals surface area contributed by atoms with Crippen LogP contribution in [0, 0.1) is 6.92 Å².